The summed E-state index contributed by atoms with van der Waals surface area (Å²) in [6.07, 6.45) is -1.52. The molecule has 0 aliphatic carbocycles. The van der Waals surface area contributed by atoms with Crippen molar-refractivity contribution in [3.8, 4) is 5.75 Å². The van der Waals surface area contributed by atoms with Crippen molar-refractivity contribution in [1.29, 1.82) is 0 Å². The number of carbonyl (C=O) groups excluding carboxylic acids is 1. The van der Waals surface area contributed by atoms with Gasteiger partial charge in [-0.2, -0.15) is 0 Å². The van der Waals surface area contributed by atoms with Crippen LogP contribution in [0.1, 0.15) is 18.1 Å². The molecule has 0 heterocycles. The van der Waals surface area contributed by atoms with E-state index in [1.54, 1.807) is 0 Å². The summed E-state index contributed by atoms with van der Waals surface area (Å²) in [4.78, 5) is 10.1. The standard InChI is InChI=1S/C9H10O4/c10-7-3-1-6(2-4-7)8(11)5-9(12)13/h1-4,8,10-11H,5H2,(H,12,13)/p-1. The third kappa shape index (κ3) is 2.76. The molecule has 0 fully saturated rings. The second-order valence-electron chi connectivity index (χ2n) is 2.68. The molecule has 0 aliphatic heterocycles. The smallest absolute Gasteiger partial charge is 0.115 e. The molecule has 0 bridgehead atoms. The molecule has 4 nitrogen and oxygen atoms in total. The molecule has 0 saturated heterocycles. The van der Waals surface area contributed by atoms with Crippen molar-refractivity contribution in [2.75, 3.05) is 0 Å². The minimum absolute atomic E-state index is 0.0735. The van der Waals surface area contributed by atoms with Gasteiger partial charge in [0, 0.05) is 12.4 Å². The number of carbonyl (C=O) groups is 1. The van der Waals surface area contributed by atoms with Crippen LogP contribution >= 0.6 is 0 Å². The van der Waals surface area contributed by atoms with E-state index in [1.807, 2.05) is 0 Å². The summed E-state index contributed by atoms with van der Waals surface area (Å²) in [6.45, 7) is 0. The Hall–Kier alpha value is -1.55. The van der Waals surface area contributed by atoms with Crippen molar-refractivity contribution < 1.29 is 20.1 Å². The van der Waals surface area contributed by atoms with E-state index in [-0.39, 0.29) is 5.75 Å². The number of aliphatic hydroxyl groups excluding tert-OH is 1. The minimum Gasteiger partial charge on any atom is -0.550 e. The minimum atomic E-state index is -1.31. The van der Waals surface area contributed by atoms with Gasteiger partial charge in [0.1, 0.15) is 5.75 Å². The number of rotatable bonds is 3. The quantitative estimate of drug-likeness (QED) is 0.662. The molecule has 13 heavy (non-hydrogen) atoms. The van der Waals surface area contributed by atoms with Crippen molar-refractivity contribution in [3.05, 3.63) is 29.8 Å². The molecule has 0 radical (unpaired) electrons. The van der Waals surface area contributed by atoms with E-state index >= 15 is 0 Å². The van der Waals surface area contributed by atoms with Crippen LogP contribution < -0.4 is 5.11 Å². The van der Waals surface area contributed by atoms with Crippen molar-refractivity contribution >= 4 is 5.97 Å². The van der Waals surface area contributed by atoms with Gasteiger partial charge in [0.05, 0.1) is 6.10 Å². The Kier molecular flexibility index (Phi) is 2.87. The van der Waals surface area contributed by atoms with Crippen molar-refractivity contribution in [2.45, 2.75) is 12.5 Å². The molecule has 1 unspecified atom stereocenters. The molecule has 0 saturated carbocycles. The molecule has 70 valence electrons. The molecular weight excluding hydrogens is 172 g/mol. The van der Waals surface area contributed by atoms with Gasteiger partial charge in [0.15, 0.2) is 0 Å². The topological polar surface area (TPSA) is 80.6 Å². The maximum atomic E-state index is 10.1. The number of hydrogen-bond acceptors (Lipinski definition) is 4. The lowest BCUT2D eigenvalue weighted by Gasteiger charge is -2.10. The van der Waals surface area contributed by atoms with Crippen molar-refractivity contribution in [2.24, 2.45) is 0 Å². The van der Waals surface area contributed by atoms with Gasteiger partial charge >= 0.3 is 0 Å². The second kappa shape index (κ2) is 3.91. The number of benzene rings is 1. The molecule has 0 amide bonds. The van der Waals surface area contributed by atoms with Crippen LogP contribution in [0.15, 0.2) is 24.3 Å². The fourth-order valence-electron chi connectivity index (χ4n) is 0.972. The number of phenols is 1. The van der Waals surface area contributed by atoms with Gasteiger partial charge in [0.25, 0.3) is 0 Å². The van der Waals surface area contributed by atoms with Crippen LogP contribution in [0.5, 0.6) is 5.75 Å². The van der Waals surface area contributed by atoms with Crippen LogP contribution in [0, 0.1) is 0 Å². The van der Waals surface area contributed by atoms with Gasteiger partial charge in [-0.3, -0.25) is 0 Å². The zero-order chi connectivity index (χ0) is 9.84. The summed E-state index contributed by atoms with van der Waals surface area (Å²) >= 11 is 0. The highest BCUT2D eigenvalue weighted by Gasteiger charge is 2.06. The highest BCUT2D eigenvalue weighted by molar-refractivity contribution is 5.65. The normalized spacial score (nSPS) is 12.4. The average Bonchev–Trinajstić information content (AvgIpc) is 2.04. The van der Waals surface area contributed by atoms with Crippen LogP contribution in [0.2, 0.25) is 0 Å². The molecule has 0 aromatic heterocycles. The summed E-state index contributed by atoms with van der Waals surface area (Å²) in [6, 6.07) is 5.69. The fraction of sp³-hybridized carbons (Fsp3) is 0.222. The van der Waals surface area contributed by atoms with Crippen LogP contribution in [0.25, 0.3) is 0 Å². The number of carboxylic acid groups (broad SMARTS) is 1. The van der Waals surface area contributed by atoms with E-state index in [1.165, 1.54) is 24.3 Å². The van der Waals surface area contributed by atoms with Gasteiger partial charge in [-0.25, -0.2) is 0 Å². The van der Waals surface area contributed by atoms with E-state index in [4.69, 9.17) is 5.11 Å². The lowest BCUT2D eigenvalue weighted by Crippen LogP contribution is -2.24. The Bertz CT molecular complexity index is 291. The third-order valence-electron chi connectivity index (χ3n) is 1.64. The first-order chi connectivity index (χ1) is 6.09. The van der Waals surface area contributed by atoms with E-state index in [2.05, 4.69) is 0 Å². The highest BCUT2D eigenvalue weighted by atomic mass is 16.4. The van der Waals surface area contributed by atoms with Gasteiger partial charge in [-0.05, 0) is 17.7 Å². The van der Waals surface area contributed by atoms with Gasteiger partial charge in [0.2, 0.25) is 0 Å². The highest BCUT2D eigenvalue weighted by Crippen LogP contribution is 2.18. The van der Waals surface area contributed by atoms with Crippen LogP contribution in [0.3, 0.4) is 0 Å². The summed E-state index contributed by atoms with van der Waals surface area (Å²) in [5.74, 6) is -1.23. The molecule has 4 heteroatoms. The summed E-state index contributed by atoms with van der Waals surface area (Å²) < 4.78 is 0. The number of carboxylic acids is 1. The van der Waals surface area contributed by atoms with E-state index in [0.29, 0.717) is 5.56 Å². The number of phenolic OH excluding ortho intramolecular Hbond substituents is 1. The Morgan fingerprint density at radius 2 is 1.92 bits per heavy atom. The van der Waals surface area contributed by atoms with E-state index in [9.17, 15) is 15.0 Å². The monoisotopic (exact) mass is 181 g/mol. The van der Waals surface area contributed by atoms with Gasteiger partial charge in [-0.15, -0.1) is 0 Å². The molecule has 1 aromatic carbocycles. The summed E-state index contributed by atoms with van der Waals surface area (Å²) in [7, 11) is 0. The van der Waals surface area contributed by atoms with Crippen molar-refractivity contribution in [3.63, 3.8) is 0 Å². The predicted molar refractivity (Wildman–Crippen MR) is 42.7 cm³/mol. The maximum Gasteiger partial charge on any atom is 0.115 e. The van der Waals surface area contributed by atoms with E-state index in [0.717, 1.165) is 0 Å². The van der Waals surface area contributed by atoms with Crippen LogP contribution in [-0.2, 0) is 4.79 Å². The third-order valence-corrected chi connectivity index (χ3v) is 1.64. The van der Waals surface area contributed by atoms with E-state index < -0.39 is 18.5 Å². The average molecular weight is 181 g/mol. The molecule has 1 rings (SSSR count). The fourth-order valence-corrected chi connectivity index (χ4v) is 0.972. The molecule has 0 spiro atoms. The molecule has 2 N–H and O–H groups in total. The SMILES string of the molecule is O=C([O-])CC(O)c1ccc(O)cc1. The number of aliphatic hydroxyl groups is 1. The Morgan fingerprint density at radius 1 is 1.38 bits per heavy atom. The second-order valence-corrected chi connectivity index (χ2v) is 2.68. The first kappa shape index (κ1) is 9.54. The molecule has 0 aliphatic rings. The Labute approximate surface area is 75.1 Å². The van der Waals surface area contributed by atoms with Crippen LogP contribution in [0.4, 0.5) is 0 Å². The lowest BCUT2D eigenvalue weighted by molar-refractivity contribution is -0.307. The zero-order valence-corrected chi connectivity index (χ0v) is 6.80. The first-order valence-electron chi connectivity index (χ1n) is 3.76. The van der Waals surface area contributed by atoms with Gasteiger partial charge in [-0.1, -0.05) is 12.1 Å². The Morgan fingerprint density at radius 3 is 2.38 bits per heavy atom. The largest absolute Gasteiger partial charge is 0.550 e. The number of aliphatic carboxylic acids is 1. The van der Waals surface area contributed by atoms with Gasteiger partial charge < -0.3 is 20.1 Å². The lowest BCUT2D eigenvalue weighted by atomic mass is 10.1. The molecule has 1 atom stereocenters. The summed E-state index contributed by atoms with van der Waals surface area (Å²) in [5, 5.41) is 28.3. The maximum absolute atomic E-state index is 10.1. The summed E-state index contributed by atoms with van der Waals surface area (Å²) in [5.41, 5.74) is 0.446. The Balaban J connectivity index is 2.71. The van der Waals surface area contributed by atoms with Crippen LogP contribution in [-0.4, -0.2) is 16.2 Å². The predicted octanol–water partition coefficient (Wildman–Crippen LogP) is -0.434. The number of aromatic hydroxyl groups is 1. The first-order valence-corrected chi connectivity index (χ1v) is 3.76. The van der Waals surface area contributed by atoms with Crippen molar-refractivity contribution in [1.82, 2.24) is 0 Å². The molecular formula is C9H9O4-. The number of hydrogen-bond donors (Lipinski definition) is 2. The molecule has 1 aromatic rings. The zero-order valence-electron chi connectivity index (χ0n) is 6.80.